The number of carbonyl (C=O) groups excluding carboxylic acids is 1. The Bertz CT molecular complexity index is 1220. The van der Waals surface area contributed by atoms with Gasteiger partial charge < -0.3 is 15.2 Å². The minimum atomic E-state index is -4.47. The van der Waals surface area contributed by atoms with Gasteiger partial charge in [-0.15, -0.1) is 0 Å². The van der Waals surface area contributed by atoms with Crippen molar-refractivity contribution >= 4 is 32.7 Å². The molecule has 0 radical (unpaired) electrons. The van der Waals surface area contributed by atoms with E-state index in [-0.39, 0.29) is 34.9 Å². The Balaban J connectivity index is 1.40. The van der Waals surface area contributed by atoms with Crippen molar-refractivity contribution in [2.75, 3.05) is 11.4 Å². The summed E-state index contributed by atoms with van der Waals surface area (Å²) in [4.78, 5) is 38.0. The highest BCUT2D eigenvalue weighted by Gasteiger charge is 2.66. The van der Waals surface area contributed by atoms with Gasteiger partial charge in [0, 0.05) is 13.1 Å². The number of H-pyrrole nitrogens is 1. The molecule has 2 N–H and O–H groups in total. The Morgan fingerprint density at radius 1 is 1.25 bits per heavy atom. The summed E-state index contributed by atoms with van der Waals surface area (Å²) < 4.78 is 40.4. The highest BCUT2D eigenvalue weighted by Crippen LogP contribution is 2.57. The molecule has 2 aliphatic rings. The van der Waals surface area contributed by atoms with Crippen molar-refractivity contribution in [3.05, 3.63) is 52.1 Å². The smallest absolute Gasteiger partial charge is 0.350 e. The van der Waals surface area contributed by atoms with Gasteiger partial charge in [0.15, 0.2) is 15.5 Å². The number of hydrogen-bond donors (Lipinski definition) is 2. The number of carbonyl (C=O) groups is 1. The minimum Gasteiger partial charge on any atom is -0.350 e. The van der Waals surface area contributed by atoms with Crippen molar-refractivity contribution in [3.63, 3.8) is 0 Å². The van der Waals surface area contributed by atoms with E-state index in [1.54, 1.807) is 0 Å². The van der Waals surface area contributed by atoms with Crippen LogP contribution in [0.15, 0.2) is 35.1 Å². The first-order valence-electron chi connectivity index (χ1n) is 10.3. The molecular weight excluding hydrogens is 443 g/mol. The van der Waals surface area contributed by atoms with Gasteiger partial charge in [0.25, 0.3) is 5.56 Å². The fourth-order valence-electron chi connectivity index (χ4n) is 4.12. The normalized spacial score (nSPS) is 20.0. The van der Waals surface area contributed by atoms with E-state index in [1.165, 1.54) is 0 Å². The Hall–Kier alpha value is -2.95. The molecule has 1 saturated carbocycles. The van der Waals surface area contributed by atoms with Gasteiger partial charge in [0.1, 0.15) is 17.3 Å². The van der Waals surface area contributed by atoms with E-state index >= 15 is 0 Å². The first kappa shape index (κ1) is 20.9. The summed E-state index contributed by atoms with van der Waals surface area (Å²) in [7, 11) is 0. The number of thiazole rings is 1. The number of anilines is 1. The van der Waals surface area contributed by atoms with Gasteiger partial charge in [-0.05, 0) is 31.2 Å². The van der Waals surface area contributed by atoms with Crippen LogP contribution >= 0.6 is 11.3 Å². The Labute approximate surface area is 184 Å². The quantitative estimate of drug-likeness (QED) is 0.606. The van der Waals surface area contributed by atoms with Crippen LogP contribution in [0.3, 0.4) is 0 Å². The molecule has 3 heterocycles. The lowest BCUT2D eigenvalue weighted by molar-refractivity contribution is -0.162. The molecule has 1 aliphatic carbocycles. The molecule has 11 heteroatoms. The first-order chi connectivity index (χ1) is 15.3. The summed E-state index contributed by atoms with van der Waals surface area (Å²) in [5.74, 6) is -0.501. The number of nitrogens with one attached hydrogen (secondary N) is 2. The zero-order chi connectivity index (χ0) is 22.5. The summed E-state index contributed by atoms with van der Waals surface area (Å²) in [5.41, 5.74) is -1.78. The zero-order valence-corrected chi connectivity index (χ0v) is 17.7. The van der Waals surface area contributed by atoms with Crippen LogP contribution in [0.5, 0.6) is 0 Å². The van der Waals surface area contributed by atoms with Crippen molar-refractivity contribution in [1.82, 2.24) is 20.3 Å². The number of rotatable bonds is 5. The number of aromatic amines is 1. The van der Waals surface area contributed by atoms with Crippen LogP contribution in [0.1, 0.15) is 37.1 Å². The molecule has 7 nitrogen and oxygen atoms in total. The second-order valence-corrected chi connectivity index (χ2v) is 9.16. The predicted molar refractivity (Wildman–Crippen MR) is 114 cm³/mol. The van der Waals surface area contributed by atoms with E-state index in [4.69, 9.17) is 0 Å². The number of nitrogens with zero attached hydrogens (tertiary/aromatic N) is 3. The lowest BCUT2D eigenvalue weighted by Gasteiger charge is -2.23. The van der Waals surface area contributed by atoms with Gasteiger partial charge in [-0.25, -0.2) is 9.97 Å². The molecule has 0 spiro atoms. The Morgan fingerprint density at radius 2 is 2.00 bits per heavy atom. The second kappa shape index (κ2) is 7.58. The molecular formula is C21H20F3N5O2S. The fraction of sp³-hybridized carbons (Fsp3) is 0.429. The van der Waals surface area contributed by atoms with Crippen molar-refractivity contribution < 1.29 is 18.0 Å². The number of hydrogen-bond acceptors (Lipinski definition) is 6. The monoisotopic (exact) mass is 463 g/mol. The molecule has 0 bridgehead atoms. The highest BCUT2D eigenvalue weighted by atomic mass is 32.1. The molecule has 1 aromatic carbocycles. The van der Waals surface area contributed by atoms with E-state index in [0.717, 1.165) is 23.3 Å². The van der Waals surface area contributed by atoms with Crippen molar-refractivity contribution in [2.45, 2.75) is 49.9 Å². The summed E-state index contributed by atoms with van der Waals surface area (Å²) in [6, 6.07) is 9.08. The van der Waals surface area contributed by atoms with Crippen molar-refractivity contribution in [3.8, 4) is 0 Å². The molecule has 1 aliphatic heterocycles. The van der Waals surface area contributed by atoms with Crippen molar-refractivity contribution in [1.29, 1.82) is 0 Å². The number of amides is 1. The van der Waals surface area contributed by atoms with Gasteiger partial charge in [-0.2, -0.15) is 13.2 Å². The average Bonchev–Trinajstić information content (AvgIpc) is 3.26. The van der Waals surface area contributed by atoms with Gasteiger partial charge in [-0.3, -0.25) is 9.59 Å². The lowest BCUT2D eigenvalue weighted by Crippen LogP contribution is -2.43. The molecule has 1 saturated heterocycles. The van der Waals surface area contributed by atoms with Gasteiger partial charge >= 0.3 is 6.18 Å². The summed E-state index contributed by atoms with van der Waals surface area (Å²) >= 11 is 1.05. The topological polar surface area (TPSA) is 91.0 Å². The van der Waals surface area contributed by atoms with E-state index in [2.05, 4.69) is 20.3 Å². The number of aromatic nitrogens is 3. The SMILES string of the molecule is O=C(NCc1ccccc1)C1CCCN1c1nc2c(=O)[nH]c(C3(C(F)(F)F)CC3)nc2s1. The van der Waals surface area contributed by atoms with Crippen LogP contribution in [0.2, 0.25) is 0 Å². The van der Waals surface area contributed by atoms with E-state index in [0.29, 0.717) is 24.6 Å². The van der Waals surface area contributed by atoms with Crippen LogP contribution < -0.4 is 15.8 Å². The summed E-state index contributed by atoms with van der Waals surface area (Å²) in [6.07, 6.45) is -3.26. The third-order valence-electron chi connectivity index (χ3n) is 6.11. The molecule has 32 heavy (non-hydrogen) atoms. The molecule has 2 fully saturated rings. The van der Waals surface area contributed by atoms with Gasteiger partial charge in [0.05, 0.1) is 0 Å². The summed E-state index contributed by atoms with van der Waals surface area (Å²) in [6.45, 7) is 0.967. The maximum absolute atomic E-state index is 13.5. The number of benzene rings is 1. The van der Waals surface area contributed by atoms with Crippen LogP contribution in [-0.4, -0.2) is 39.6 Å². The molecule has 1 amide bonds. The molecule has 1 atom stereocenters. The number of fused-ring (bicyclic) bond motifs is 1. The van der Waals surface area contributed by atoms with Crippen LogP contribution in [0.25, 0.3) is 10.3 Å². The molecule has 5 rings (SSSR count). The Kier molecular flexibility index (Phi) is 4.95. The third-order valence-corrected chi connectivity index (χ3v) is 7.10. The van der Waals surface area contributed by atoms with E-state index < -0.39 is 23.2 Å². The van der Waals surface area contributed by atoms with Gasteiger partial charge in [0.2, 0.25) is 5.91 Å². The minimum absolute atomic E-state index is 0.00192. The molecule has 3 aromatic rings. The molecule has 168 valence electrons. The number of halogens is 3. The lowest BCUT2D eigenvalue weighted by atomic mass is 10.1. The number of alkyl halides is 3. The van der Waals surface area contributed by atoms with Crippen LogP contribution in [0.4, 0.5) is 18.3 Å². The van der Waals surface area contributed by atoms with Crippen molar-refractivity contribution in [2.24, 2.45) is 0 Å². The third kappa shape index (κ3) is 3.54. The van der Waals surface area contributed by atoms with Crippen LogP contribution in [-0.2, 0) is 16.8 Å². The highest BCUT2D eigenvalue weighted by molar-refractivity contribution is 7.21. The maximum Gasteiger partial charge on any atom is 0.401 e. The predicted octanol–water partition coefficient (Wildman–Crippen LogP) is 3.26. The average molecular weight is 463 g/mol. The zero-order valence-electron chi connectivity index (χ0n) is 16.9. The summed E-state index contributed by atoms with van der Waals surface area (Å²) in [5, 5.41) is 3.35. The van der Waals surface area contributed by atoms with E-state index in [9.17, 15) is 22.8 Å². The fourth-order valence-corrected chi connectivity index (χ4v) is 5.14. The first-order valence-corrected chi connectivity index (χ1v) is 11.2. The maximum atomic E-state index is 13.5. The second-order valence-electron chi connectivity index (χ2n) is 8.20. The van der Waals surface area contributed by atoms with E-state index in [1.807, 2.05) is 35.2 Å². The molecule has 2 aromatic heterocycles. The van der Waals surface area contributed by atoms with Crippen LogP contribution in [0, 0.1) is 0 Å². The van der Waals surface area contributed by atoms with Gasteiger partial charge in [-0.1, -0.05) is 41.7 Å². The largest absolute Gasteiger partial charge is 0.401 e. The standard InChI is InChI=1S/C21H20F3N5O2S/c22-21(23,24)20(8-9-20)18-27-16(31)14-17(28-18)32-19(26-14)29-10-4-7-13(29)15(30)25-11-12-5-2-1-3-6-12/h1-3,5-6,13H,4,7-11H2,(H,25,30)(H,27,28,31). The molecule has 1 unspecified atom stereocenters. The Morgan fingerprint density at radius 3 is 2.69 bits per heavy atom.